The molecule has 1 aliphatic rings. The average Bonchev–Trinajstić information content (AvgIpc) is 2.24. The molecule has 1 aliphatic carbocycles. The van der Waals surface area contributed by atoms with E-state index in [0.717, 1.165) is 18.4 Å². The van der Waals surface area contributed by atoms with Crippen molar-refractivity contribution in [2.75, 3.05) is 18.8 Å². The van der Waals surface area contributed by atoms with Gasteiger partial charge in [-0.15, -0.1) is 0 Å². The Bertz CT molecular complexity index is 311. The summed E-state index contributed by atoms with van der Waals surface area (Å²) in [7, 11) is -2.87. The molecule has 2 unspecified atom stereocenters. The van der Waals surface area contributed by atoms with Crippen LogP contribution < -0.4 is 5.32 Å². The van der Waals surface area contributed by atoms with Crippen molar-refractivity contribution in [2.45, 2.75) is 51.7 Å². The maximum atomic E-state index is 11.6. The van der Waals surface area contributed by atoms with E-state index in [1.165, 1.54) is 25.7 Å². The summed E-state index contributed by atoms with van der Waals surface area (Å²) in [6.07, 6.45) is 5.29. The molecule has 0 heterocycles. The molecule has 0 aromatic rings. The first-order chi connectivity index (χ1) is 7.92. The Morgan fingerprint density at radius 1 is 1.29 bits per heavy atom. The van der Waals surface area contributed by atoms with Crippen molar-refractivity contribution in [2.24, 2.45) is 11.8 Å². The van der Waals surface area contributed by atoms with Crippen molar-refractivity contribution in [3.8, 4) is 0 Å². The quantitative estimate of drug-likeness (QED) is 0.746. The summed E-state index contributed by atoms with van der Waals surface area (Å²) in [4.78, 5) is 0. The van der Waals surface area contributed by atoms with E-state index in [4.69, 9.17) is 0 Å². The third-order valence-corrected chi connectivity index (χ3v) is 5.97. The minimum atomic E-state index is -2.87. The lowest BCUT2D eigenvalue weighted by molar-refractivity contribution is 0.276. The molecule has 0 saturated heterocycles. The summed E-state index contributed by atoms with van der Waals surface area (Å²) in [5, 5.41) is 3.06. The first kappa shape index (κ1) is 15.0. The van der Waals surface area contributed by atoms with Crippen molar-refractivity contribution in [1.82, 2.24) is 5.32 Å². The second kappa shape index (κ2) is 6.74. The summed E-state index contributed by atoms with van der Waals surface area (Å²) < 4.78 is 23.2. The van der Waals surface area contributed by atoms with Gasteiger partial charge in [0.2, 0.25) is 0 Å². The predicted octanol–water partition coefficient (Wildman–Crippen LogP) is 2.23. The molecular weight excluding hydrogens is 234 g/mol. The highest BCUT2D eigenvalue weighted by Gasteiger charge is 2.19. The molecule has 3 nitrogen and oxygen atoms in total. The van der Waals surface area contributed by atoms with Crippen LogP contribution in [0.2, 0.25) is 0 Å². The van der Waals surface area contributed by atoms with E-state index in [1.807, 2.05) is 0 Å². The van der Waals surface area contributed by atoms with Gasteiger partial charge in [-0.05, 0) is 45.1 Å². The molecule has 0 amide bonds. The zero-order chi connectivity index (χ0) is 12.9. The summed E-state index contributed by atoms with van der Waals surface area (Å²) in [6.45, 7) is 7.40. The van der Waals surface area contributed by atoms with Gasteiger partial charge in [0, 0.05) is 6.54 Å². The Morgan fingerprint density at radius 2 is 2.00 bits per heavy atom. The maximum absolute atomic E-state index is 11.6. The second-order valence-corrected chi connectivity index (χ2v) is 8.43. The van der Waals surface area contributed by atoms with Gasteiger partial charge in [-0.25, -0.2) is 8.42 Å². The zero-order valence-electron chi connectivity index (χ0n) is 11.4. The molecule has 0 aliphatic heterocycles. The van der Waals surface area contributed by atoms with Crippen molar-refractivity contribution < 1.29 is 8.42 Å². The van der Waals surface area contributed by atoms with E-state index >= 15 is 0 Å². The van der Waals surface area contributed by atoms with Crippen molar-refractivity contribution in [3.63, 3.8) is 0 Å². The van der Waals surface area contributed by atoms with Gasteiger partial charge in [0.05, 0.1) is 11.0 Å². The van der Waals surface area contributed by atoms with Crippen LogP contribution in [0.25, 0.3) is 0 Å². The first-order valence-electron chi connectivity index (χ1n) is 6.84. The number of rotatable bonds is 6. The van der Waals surface area contributed by atoms with Gasteiger partial charge in [-0.1, -0.05) is 19.8 Å². The first-order valence-corrected chi connectivity index (χ1v) is 8.55. The molecule has 0 bridgehead atoms. The van der Waals surface area contributed by atoms with Crippen molar-refractivity contribution in [1.29, 1.82) is 0 Å². The molecular formula is C13H27NO2S. The molecule has 0 spiro atoms. The summed E-state index contributed by atoms with van der Waals surface area (Å²) in [5.74, 6) is 1.86. The van der Waals surface area contributed by atoms with Crippen LogP contribution in [0.4, 0.5) is 0 Å². The fourth-order valence-electron chi connectivity index (χ4n) is 2.50. The molecule has 0 aromatic heterocycles. The second-order valence-electron chi connectivity index (χ2n) is 5.76. The Balaban J connectivity index is 2.16. The topological polar surface area (TPSA) is 46.2 Å². The molecule has 0 aromatic carbocycles. The predicted molar refractivity (Wildman–Crippen MR) is 72.9 cm³/mol. The van der Waals surface area contributed by atoms with Gasteiger partial charge in [-0.3, -0.25) is 0 Å². The largest absolute Gasteiger partial charge is 0.315 e. The highest BCUT2D eigenvalue weighted by molar-refractivity contribution is 7.92. The SMILES string of the molecule is CC1CCCC(CNCCS(=O)(=O)C(C)C)C1. The smallest absolute Gasteiger partial charge is 0.153 e. The van der Waals surface area contributed by atoms with Crippen LogP contribution in [0.1, 0.15) is 46.5 Å². The van der Waals surface area contributed by atoms with Crippen LogP contribution in [0.5, 0.6) is 0 Å². The number of nitrogens with one attached hydrogen (secondary N) is 1. The third-order valence-electron chi connectivity index (χ3n) is 3.76. The van der Waals surface area contributed by atoms with E-state index in [9.17, 15) is 8.42 Å². The Hall–Kier alpha value is -0.0900. The fourth-order valence-corrected chi connectivity index (χ4v) is 3.40. The van der Waals surface area contributed by atoms with Crippen molar-refractivity contribution in [3.05, 3.63) is 0 Å². The minimum absolute atomic E-state index is 0.251. The Labute approximate surface area is 106 Å². The summed E-state index contributed by atoms with van der Waals surface area (Å²) in [6, 6.07) is 0. The molecule has 2 atom stereocenters. The lowest BCUT2D eigenvalue weighted by atomic mass is 9.82. The number of hydrogen-bond donors (Lipinski definition) is 1. The van der Waals surface area contributed by atoms with Crippen LogP contribution in [-0.4, -0.2) is 32.5 Å². The van der Waals surface area contributed by atoms with Gasteiger partial charge >= 0.3 is 0 Å². The maximum Gasteiger partial charge on any atom is 0.153 e. The summed E-state index contributed by atoms with van der Waals surface area (Å²) >= 11 is 0. The monoisotopic (exact) mass is 261 g/mol. The number of hydrogen-bond acceptors (Lipinski definition) is 3. The van der Waals surface area contributed by atoms with Crippen LogP contribution in [0, 0.1) is 11.8 Å². The zero-order valence-corrected chi connectivity index (χ0v) is 12.2. The third kappa shape index (κ3) is 5.38. The van der Waals surface area contributed by atoms with E-state index < -0.39 is 9.84 Å². The van der Waals surface area contributed by atoms with Crippen molar-refractivity contribution >= 4 is 9.84 Å². The molecule has 1 N–H and O–H groups in total. The van der Waals surface area contributed by atoms with Crippen LogP contribution >= 0.6 is 0 Å². The fraction of sp³-hybridized carbons (Fsp3) is 1.00. The molecule has 1 rings (SSSR count). The Morgan fingerprint density at radius 3 is 2.59 bits per heavy atom. The highest BCUT2D eigenvalue weighted by Crippen LogP contribution is 2.27. The molecule has 17 heavy (non-hydrogen) atoms. The van der Waals surface area contributed by atoms with Crippen LogP contribution in [-0.2, 0) is 9.84 Å². The van der Waals surface area contributed by atoms with Gasteiger partial charge < -0.3 is 5.32 Å². The van der Waals surface area contributed by atoms with E-state index in [0.29, 0.717) is 6.54 Å². The van der Waals surface area contributed by atoms with E-state index in [1.54, 1.807) is 13.8 Å². The molecule has 1 fully saturated rings. The normalized spacial score (nSPS) is 26.4. The van der Waals surface area contributed by atoms with Gasteiger partial charge in [0.15, 0.2) is 9.84 Å². The molecule has 4 heteroatoms. The highest BCUT2D eigenvalue weighted by atomic mass is 32.2. The van der Waals surface area contributed by atoms with Gasteiger partial charge in [0.25, 0.3) is 0 Å². The molecule has 1 saturated carbocycles. The van der Waals surface area contributed by atoms with E-state index in [-0.39, 0.29) is 11.0 Å². The van der Waals surface area contributed by atoms with Crippen LogP contribution in [0.3, 0.4) is 0 Å². The Kier molecular flexibility index (Phi) is 5.93. The van der Waals surface area contributed by atoms with Gasteiger partial charge in [-0.2, -0.15) is 0 Å². The van der Waals surface area contributed by atoms with Gasteiger partial charge in [0.1, 0.15) is 0 Å². The molecule has 0 radical (unpaired) electrons. The number of sulfone groups is 1. The molecule has 102 valence electrons. The minimum Gasteiger partial charge on any atom is -0.315 e. The van der Waals surface area contributed by atoms with Crippen LogP contribution in [0.15, 0.2) is 0 Å². The van der Waals surface area contributed by atoms with E-state index in [2.05, 4.69) is 12.2 Å². The average molecular weight is 261 g/mol. The lowest BCUT2D eigenvalue weighted by Crippen LogP contribution is -2.32. The standard InChI is InChI=1S/C13H27NO2S/c1-11(2)17(15,16)8-7-14-10-13-6-4-5-12(3)9-13/h11-14H,4-10H2,1-3H3. The lowest BCUT2D eigenvalue weighted by Gasteiger charge is -2.26. The summed E-state index contributed by atoms with van der Waals surface area (Å²) in [5.41, 5.74) is 0.